The summed E-state index contributed by atoms with van der Waals surface area (Å²) in [4.78, 5) is 6.82. The van der Waals surface area contributed by atoms with E-state index in [4.69, 9.17) is 9.47 Å². The van der Waals surface area contributed by atoms with E-state index >= 15 is 0 Å². The van der Waals surface area contributed by atoms with Gasteiger partial charge in [-0.25, -0.2) is 4.98 Å². The van der Waals surface area contributed by atoms with E-state index in [1.54, 1.807) is 25.2 Å². The van der Waals surface area contributed by atoms with Crippen LogP contribution >= 0.6 is 0 Å². The molecule has 9 heteroatoms. The number of pyridine rings is 1. The third kappa shape index (κ3) is 2.57. The smallest absolute Gasteiger partial charge is 0.418 e. The Morgan fingerprint density at radius 1 is 1.20 bits per heavy atom. The largest absolute Gasteiger partial charge is 0.454 e. The van der Waals surface area contributed by atoms with Crippen LogP contribution in [0.2, 0.25) is 0 Å². The molecule has 3 aromatic rings. The zero-order valence-corrected chi connectivity index (χ0v) is 13.0. The summed E-state index contributed by atoms with van der Waals surface area (Å²) in [6.45, 7) is 0.119. The Balaban J connectivity index is 1.78. The fraction of sp³-hybridized carbons (Fsp3) is 0.188. The van der Waals surface area contributed by atoms with Crippen LogP contribution in [0.3, 0.4) is 0 Å². The van der Waals surface area contributed by atoms with Gasteiger partial charge in [0, 0.05) is 25.0 Å². The van der Waals surface area contributed by atoms with Crippen molar-refractivity contribution in [3.8, 4) is 11.5 Å². The van der Waals surface area contributed by atoms with Gasteiger partial charge in [-0.3, -0.25) is 0 Å². The van der Waals surface area contributed by atoms with Gasteiger partial charge in [0.25, 0.3) is 0 Å². The lowest BCUT2D eigenvalue weighted by atomic mass is 10.1. The molecule has 0 saturated heterocycles. The summed E-state index contributed by atoms with van der Waals surface area (Å²) < 4.78 is 50.1. The van der Waals surface area contributed by atoms with Crippen LogP contribution in [0, 0.1) is 0 Å². The highest BCUT2D eigenvalue weighted by atomic mass is 19.4. The van der Waals surface area contributed by atoms with Gasteiger partial charge in [0.05, 0.1) is 16.6 Å². The quantitative estimate of drug-likeness (QED) is 0.663. The molecule has 1 aliphatic heterocycles. The van der Waals surface area contributed by atoms with Crippen molar-refractivity contribution in [2.75, 3.05) is 24.5 Å². The summed E-state index contributed by atoms with van der Waals surface area (Å²) in [7, 11) is 1.56. The lowest BCUT2D eigenvalue weighted by Crippen LogP contribution is -2.05. The maximum absolute atomic E-state index is 13.1. The first kappa shape index (κ1) is 15.4. The van der Waals surface area contributed by atoms with Gasteiger partial charge >= 0.3 is 6.18 Å². The van der Waals surface area contributed by atoms with E-state index in [1.807, 2.05) is 0 Å². The van der Waals surface area contributed by atoms with Gasteiger partial charge in [0.1, 0.15) is 11.5 Å². The molecular formula is C16H13F3N4O2. The summed E-state index contributed by atoms with van der Waals surface area (Å²) >= 11 is 0. The van der Waals surface area contributed by atoms with Crippen LogP contribution in [0.4, 0.5) is 30.4 Å². The SMILES string of the molecule is CNc1cc(Nc2cccc3c2OCO3)nc2[nH]cc(C(F)(F)F)c12. The van der Waals surface area contributed by atoms with Crippen molar-refractivity contribution in [3.05, 3.63) is 36.0 Å². The van der Waals surface area contributed by atoms with Crippen LogP contribution in [0.15, 0.2) is 30.5 Å². The minimum absolute atomic E-state index is 0.00146. The Hall–Kier alpha value is -3.10. The Morgan fingerprint density at radius 3 is 2.80 bits per heavy atom. The van der Waals surface area contributed by atoms with Gasteiger partial charge in [-0.05, 0) is 12.1 Å². The molecule has 0 fully saturated rings. The molecule has 130 valence electrons. The van der Waals surface area contributed by atoms with Crippen LogP contribution < -0.4 is 20.1 Å². The molecule has 0 amide bonds. The number of nitrogens with one attached hydrogen (secondary N) is 3. The van der Waals surface area contributed by atoms with E-state index in [1.165, 1.54) is 6.07 Å². The topological polar surface area (TPSA) is 71.2 Å². The van der Waals surface area contributed by atoms with Gasteiger partial charge < -0.3 is 25.1 Å². The van der Waals surface area contributed by atoms with Crippen molar-refractivity contribution in [2.24, 2.45) is 0 Å². The number of hydrogen-bond donors (Lipinski definition) is 3. The highest BCUT2D eigenvalue weighted by molar-refractivity contribution is 5.95. The number of alkyl halides is 3. The second-order valence-corrected chi connectivity index (χ2v) is 5.39. The molecule has 0 aliphatic carbocycles. The fourth-order valence-corrected chi connectivity index (χ4v) is 2.79. The van der Waals surface area contributed by atoms with Crippen molar-refractivity contribution in [2.45, 2.75) is 6.18 Å². The minimum atomic E-state index is -4.47. The molecule has 6 nitrogen and oxygen atoms in total. The average molecular weight is 350 g/mol. The monoisotopic (exact) mass is 350 g/mol. The third-order valence-corrected chi connectivity index (χ3v) is 3.88. The summed E-state index contributed by atoms with van der Waals surface area (Å²) in [6.07, 6.45) is -3.55. The number of hydrogen-bond acceptors (Lipinski definition) is 5. The number of fused-ring (bicyclic) bond motifs is 2. The Kier molecular flexibility index (Phi) is 3.38. The summed E-state index contributed by atoms with van der Waals surface area (Å²) in [5.41, 5.74) is 0.298. The second kappa shape index (κ2) is 5.47. The third-order valence-electron chi connectivity index (χ3n) is 3.88. The van der Waals surface area contributed by atoms with E-state index in [0.29, 0.717) is 28.7 Å². The first-order chi connectivity index (χ1) is 12.0. The van der Waals surface area contributed by atoms with E-state index in [2.05, 4.69) is 20.6 Å². The Labute approximate surface area is 140 Å². The maximum Gasteiger partial charge on any atom is 0.418 e. The molecule has 0 atom stereocenters. The lowest BCUT2D eigenvalue weighted by Gasteiger charge is -2.12. The standard InChI is InChI=1S/C16H13F3N4O2/c1-20-10-5-12(22-9-3-2-4-11-14(9)25-7-24-11)23-15-13(10)8(6-21-15)16(17,18)19/h2-6H,7H2,1H3,(H3,20,21,22,23). The van der Waals surface area contributed by atoms with E-state index in [9.17, 15) is 13.2 Å². The first-order valence-corrected chi connectivity index (χ1v) is 7.40. The fourth-order valence-electron chi connectivity index (χ4n) is 2.79. The summed E-state index contributed by atoms with van der Waals surface area (Å²) in [6, 6.07) is 6.84. The molecule has 4 rings (SSSR count). The average Bonchev–Trinajstić information content (AvgIpc) is 3.20. The van der Waals surface area contributed by atoms with E-state index in [0.717, 1.165) is 6.20 Å². The number of H-pyrrole nitrogens is 1. The molecule has 1 aliphatic rings. The Bertz CT molecular complexity index is 952. The van der Waals surface area contributed by atoms with Crippen molar-refractivity contribution >= 4 is 28.2 Å². The molecule has 3 heterocycles. The maximum atomic E-state index is 13.1. The summed E-state index contributed by atoms with van der Waals surface area (Å²) in [5, 5.41) is 5.85. The van der Waals surface area contributed by atoms with Crippen LogP contribution in [-0.4, -0.2) is 23.8 Å². The summed E-state index contributed by atoms with van der Waals surface area (Å²) in [5.74, 6) is 1.51. The van der Waals surface area contributed by atoms with Crippen molar-refractivity contribution in [1.29, 1.82) is 0 Å². The number of rotatable bonds is 3. The molecular weight excluding hydrogens is 337 g/mol. The molecule has 0 bridgehead atoms. The first-order valence-electron chi connectivity index (χ1n) is 7.40. The van der Waals surface area contributed by atoms with Gasteiger partial charge in [-0.1, -0.05) is 6.07 Å². The van der Waals surface area contributed by atoms with Crippen LogP contribution in [0.25, 0.3) is 11.0 Å². The van der Waals surface area contributed by atoms with E-state index < -0.39 is 11.7 Å². The van der Waals surface area contributed by atoms with Crippen molar-refractivity contribution in [3.63, 3.8) is 0 Å². The molecule has 0 unspecified atom stereocenters. The molecule has 0 saturated carbocycles. The second-order valence-electron chi connectivity index (χ2n) is 5.39. The highest BCUT2D eigenvalue weighted by Gasteiger charge is 2.35. The van der Waals surface area contributed by atoms with Crippen LogP contribution in [0.1, 0.15) is 5.56 Å². The van der Waals surface area contributed by atoms with Gasteiger partial charge in [-0.15, -0.1) is 0 Å². The Morgan fingerprint density at radius 2 is 2.04 bits per heavy atom. The zero-order chi connectivity index (χ0) is 17.6. The van der Waals surface area contributed by atoms with Crippen LogP contribution in [0.5, 0.6) is 11.5 Å². The normalized spacial score (nSPS) is 13.3. The van der Waals surface area contributed by atoms with Crippen molar-refractivity contribution in [1.82, 2.24) is 9.97 Å². The van der Waals surface area contributed by atoms with Gasteiger partial charge in [-0.2, -0.15) is 13.2 Å². The molecule has 2 aromatic heterocycles. The number of ether oxygens (including phenoxy) is 2. The number of halogens is 3. The minimum Gasteiger partial charge on any atom is -0.454 e. The zero-order valence-electron chi connectivity index (χ0n) is 13.0. The van der Waals surface area contributed by atoms with Crippen molar-refractivity contribution < 1.29 is 22.6 Å². The number of aromatic nitrogens is 2. The molecule has 25 heavy (non-hydrogen) atoms. The van der Waals surface area contributed by atoms with Gasteiger partial charge in [0.15, 0.2) is 11.5 Å². The van der Waals surface area contributed by atoms with E-state index in [-0.39, 0.29) is 17.8 Å². The number of para-hydroxylation sites is 1. The predicted octanol–water partition coefficient (Wildman–Crippen LogP) is 4.10. The molecule has 0 radical (unpaired) electrons. The molecule has 3 N–H and O–H groups in total. The highest BCUT2D eigenvalue weighted by Crippen LogP contribution is 2.42. The molecule has 1 aromatic carbocycles. The predicted molar refractivity (Wildman–Crippen MR) is 86.5 cm³/mol. The van der Waals surface area contributed by atoms with Crippen LogP contribution in [-0.2, 0) is 6.18 Å². The lowest BCUT2D eigenvalue weighted by molar-refractivity contribution is -0.136. The number of nitrogens with zero attached hydrogens (tertiary/aromatic N) is 1. The number of aromatic amines is 1. The number of anilines is 3. The molecule has 0 spiro atoms. The van der Waals surface area contributed by atoms with Gasteiger partial charge in [0.2, 0.25) is 6.79 Å². The number of benzene rings is 1.